The number of hydrogen-bond acceptors (Lipinski definition) is 3. The van der Waals surface area contributed by atoms with Gasteiger partial charge in [0.2, 0.25) is 0 Å². The molecule has 1 amide bonds. The third-order valence-corrected chi connectivity index (χ3v) is 2.61. The highest BCUT2D eigenvalue weighted by molar-refractivity contribution is 6.08. The maximum Gasteiger partial charge on any atom is 0.270 e. The van der Waals surface area contributed by atoms with Crippen molar-refractivity contribution in [1.82, 2.24) is 10.3 Å². The molecule has 0 spiro atoms. The number of nitrogens with one attached hydrogen (secondary N) is 1. The van der Waals surface area contributed by atoms with Gasteiger partial charge >= 0.3 is 0 Å². The topological polar surface area (TPSA) is 68.0 Å². The number of aryl methyl sites for hydroxylation is 1. The van der Waals surface area contributed by atoms with Gasteiger partial charge in [0.05, 0.1) is 0 Å². The number of carbonyl (C=O) groups is 1. The molecule has 1 aromatic carbocycles. The van der Waals surface area contributed by atoms with Crippen LogP contribution < -0.4 is 11.1 Å². The van der Waals surface area contributed by atoms with Gasteiger partial charge in [0.15, 0.2) is 0 Å². The summed E-state index contributed by atoms with van der Waals surface area (Å²) in [6.45, 7) is 4.41. The third-order valence-electron chi connectivity index (χ3n) is 2.61. The molecule has 3 N–H and O–H groups in total. The van der Waals surface area contributed by atoms with E-state index in [-0.39, 0.29) is 5.91 Å². The van der Waals surface area contributed by atoms with E-state index in [1.807, 2.05) is 32.0 Å². The molecular formula is C13H15N3O. The number of rotatable bonds is 2. The smallest absolute Gasteiger partial charge is 0.270 e. The molecule has 88 valence electrons. The Bertz CT molecular complexity index is 578. The number of nitrogens with two attached hydrogens (primary N) is 1. The van der Waals surface area contributed by atoms with Crippen LogP contribution in [0.25, 0.3) is 10.8 Å². The second kappa shape index (κ2) is 4.41. The fourth-order valence-corrected chi connectivity index (χ4v) is 1.89. The number of nitrogens with zero attached hydrogens (tertiary/aromatic N) is 1. The maximum atomic E-state index is 11.9. The molecule has 0 saturated carbocycles. The van der Waals surface area contributed by atoms with Crippen molar-refractivity contribution in [2.24, 2.45) is 0 Å². The highest BCUT2D eigenvalue weighted by Gasteiger charge is 2.12. The van der Waals surface area contributed by atoms with E-state index in [1.165, 1.54) is 0 Å². The molecule has 0 atom stereocenters. The Morgan fingerprint density at radius 2 is 2.18 bits per heavy atom. The van der Waals surface area contributed by atoms with E-state index >= 15 is 0 Å². The van der Waals surface area contributed by atoms with Crippen molar-refractivity contribution in [3.63, 3.8) is 0 Å². The van der Waals surface area contributed by atoms with E-state index in [4.69, 9.17) is 5.73 Å². The predicted molar refractivity (Wildman–Crippen MR) is 68.9 cm³/mol. The first-order valence-electron chi connectivity index (χ1n) is 5.56. The Labute approximate surface area is 99.8 Å². The van der Waals surface area contributed by atoms with Crippen molar-refractivity contribution >= 4 is 22.4 Å². The van der Waals surface area contributed by atoms with Gasteiger partial charge in [-0.3, -0.25) is 9.78 Å². The molecule has 0 aliphatic heterocycles. The number of carbonyl (C=O) groups excluding carboxylic acids is 1. The van der Waals surface area contributed by atoms with Crippen molar-refractivity contribution in [1.29, 1.82) is 0 Å². The van der Waals surface area contributed by atoms with Crippen molar-refractivity contribution in [2.75, 3.05) is 12.3 Å². The normalized spacial score (nSPS) is 10.5. The van der Waals surface area contributed by atoms with Gasteiger partial charge in [-0.25, -0.2) is 0 Å². The highest BCUT2D eigenvalue weighted by atomic mass is 16.1. The largest absolute Gasteiger partial charge is 0.398 e. The lowest BCUT2D eigenvalue weighted by Gasteiger charge is -2.08. The van der Waals surface area contributed by atoms with E-state index in [0.29, 0.717) is 17.9 Å². The number of aromatic nitrogens is 1. The number of hydrogen-bond donors (Lipinski definition) is 2. The molecule has 1 aromatic heterocycles. The van der Waals surface area contributed by atoms with Crippen molar-refractivity contribution < 1.29 is 4.79 Å². The molecule has 0 aliphatic carbocycles. The van der Waals surface area contributed by atoms with E-state index < -0.39 is 0 Å². The number of pyridine rings is 1. The Morgan fingerprint density at radius 3 is 2.88 bits per heavy atom. The number of benzene rings is 1. The van der Waals surface area contributed by atoms with Gasteiger partial charge in [-0.05, 0) is 37.6 Å². The van der Waals surface area contributed by atoms with Crippen molar-refractivity contribution in [3.8, 4) is 0 Å². The van der Waals surface area contributed by atoms with Crippen LogP contribution in [0.15, 0.2) is 24.4 Å². The first-order valence-corrected chi connectivity index (χ1v) is 5.56. The molecule has 0 fully saturated rings. The van der Waals surface area contributed by atoms with Crippen LogP contribution in [0.1, 0.15) is 23.0 Å². The number of nitrogen functional groups attached to an aromatic ring is 1. The van der Waals surface area contributed by atoms with Gasteiger partial charge < -0.3 is 11.1 Å². The summed E-state index contributed by atoms with van der Waals surface area (Å²) in [7, 11) is 0. The lowest BCUT2D eigenvalue weighted by Crippen LogP contribution is -2.24. The van der Waals surface area contributed by atoms with Gasteiger partial charge in [-0.1, -0.05) is 0 Å². The van der Waals surface area contributed by atoms with Gasteiger partial charge in [0.25, 0.3) is 5.91 Å². The molecule has 0 bridgehead atoms. The minimum Gasteiger partial charge on any atom is -0.398 e. The summed E-state index contributed by atoms with van der Waals surface area (Å²) >= 11 is 0. The van der Waals surface area contributed by atoms with Crippen LogP contribution in [0, 0.1) is 6.92 Å². The molecule has 0 aliphatic rings. The zero-order valence-electron chi connectivity index (χ0n) is 9.95. The Morgan fingerprint density at radius 1 is 1.41 bits per heavy atom. The van der Waals surface area contributed by atoms with Gasteiger partial charge in [0.1, 0.15) is 5.69 Å². The SMILES string of the molecule is CCNC(=O)c1nccc2c(N)cc(C)cc12. The van der Waals surface area contributed by atoms with Gasteiger partial charge in [-0.2, -0.15) is 0 Å². The second-order valence-corrected chi connectivity index (χ2v) is 3.97. The number of fused-ring (bicyclic) bond motifs is 1. The minimum absolute atomic E-state index is 0.164. The monoisotopic (exact) mass is 229 g/mol. The quantitative estimate of drug-likeness (QED) is 0.772. The fourth-order valence-electron chi connectivity index (χ4n) is 1.89. The standard InChI is InChI=1S/C13H15N3O/c1-3-15-13(17)12-10-6-8(2)7-11(14)9(10)4-5-16-12/h4-7H,3,14H2,1-2H3,(H,15,17). The first-order chi connectivity index (χ1) is 8.13. The summed E-state index contributed by atoms with van der Waals surface area (Å²) in [6, 6.07) is 5.65. The molecule has 4 nitrogen and oxygen atoms in total. The second-order valence-electron chi connectivity index (χ2n) is 3.97. The van der Waals surface area contributed by atoms with Crippen LogP contribution >= 0.6 is 0 Å². The summed E-state index contributed by atoms with van der Waals surface area (Å²) in [4.78, 5) is 16.0. The summed E-state index contributed by atoms with van der Waals surface area (Å²) in [5.74, 6) is -0.164. The average molecular weight is 229 g/mol. The summed E-state index contributed by atoms with van der Waals surface area (Å²) < 4.78 is 0. The zero-order valence-corrected chi connectivity index (χ0v) is 9.95. The van der Waals surface area contributed by atoms with Crippen LogP contribution in [-0.4, -0.2) is 17.4 Å². The molecular weight excluding hydrogens is 214 g/mol. The van der Waals surface area contributed by atoms with Crippen molar-refractivity contribution in [3.05, 3.63) is 35.7 Å². The lowest BCUT2D eigenvalue weighted by atomic mass is 10.0. The fraction of sp³-hybridized carbons (Fsp3) is 0.231. The van der Waals surface area contributed by atoms with Crippen LogP contribution in [-0.2, 0) is 0 Å². The molecule has 2 rings (SSSR count). The average Bonchev–Trinajstić information content (AvgIpc) is 2.28. The molecule has 2 aromatic rings. The molecule has 0 saturated heterocycles. The van der Waals surface area contributed by atoms with Gasteiger partial charge in [0, 0.05) is 29.2 Å². The Kier molecular flexibility index (Phi) is 2.95. The first kappa shape index (κ1) is 11.4. The predicted octanol–water partition coefficient (Wildman–Crippen LogP) is 1.88. The minimum atomic E-state index is -0.164. The maximum absolute atomic E-state index is 11.9. The summed E-state index contributed by atoms with van der Waals surface area (Å²) in [6.07, 6.45) is 1.61. The Balaban J connectivity index is 2.68. The lowest BCUT2D eigenvalue weighted by molar-refractivity contribution is 0.0952. The van der Waals surface area contributed by atoms with Crippen LogP contribution in [0.5, 0.6) is 0 Å². The number of amides is 1. The highest BCUT2D eigenvalue weighted by Crippen LogP contribution is 2.24. The Hall–Kier alpha value is -2.10. The van der Waals surface area contributed by atoms with Crippen LogP contribution in [0.2, 0.25) is 0 Å². The third kappa shape index (κ3) is 2.06. The van der Waals surface area contributed by atoms with E-state index in [0.717, 1.165) is 16.3 Å². The molecule has 0 radical (unpaired) electrons. The van der Waals surface area contributed by atoms with Crippen LogP contribution in [0.3, 0.4) is 0 Å². The molecule has 1 heterocycles. The van der Waals surface area contributed by atoms with Crippen molar-refractivity contribution in [2.45, 2.75) is 13.8 Å². The molecule has 0 unspecified atom stereocenters. The number of anilines is 1. The molecule has 17 heavy (non-hydrogen) atoms. The van der Waals surface area contributed by atoms with Crippen LogP contribution in [0.4, 0.5) is 5.69 Å². The van der Waals surface area contributed by atoms with E-state index in [9.17, 15) is 4.79 Å². The molecule has 4 heteroatoms. The summed E-state index contributed by atoms with van der Waals surface area (Å²) in [5, 5.41) is 4.42. The zero-order chi connectivity index (χ0) is 12.4. The summed E-state index contributed by atoms with van der Waals surface area (Å²) in [5.41, 5.74) is 8.07. The van der Waals surface area contributed by atoms with Gasteiger partial charge in [-0.15, -0.1) is 0 Å². The van der Waals surface area contributed by atoms with E-state index in [2.05, 4.69) is 10.3 Å². The van der Waals surface area contributed by atoms with E-state index in [1.54, 1.807) is 6.20 Å².